The topological polar surface area (TPSA) is 82.0 Å². The van der Waals surface area contributed by atoms with Gasteiger partial charge in [-0.05, 0) is 17.7 Å². The summed E-state index contributed by atoms with van der Waals surface area (Å²) in [6.07, 6.45) is 1.50. The summed E-state index contributed by atoms with van der Waals surface area (Å²) in [7, 11) is 0. The zero-order valence-electron chi connectivity index (χ0n) is 9.97. The highest BCUT2D eigenvalue weighted by atomic mass is 35.5. The predicted octanol–water partition coefficient (Wildman–Crippen LogP) is 2.71. The number of primary amides is 1. The summed E-state index contributed by atoms with van der Waals surface area (Å²) in [5, 5.41) is 1.24. The van der Waals surface area contributed by atoms with Gasteiger partial charge in [-0.3, -0.25) is 4.79 Å². The van der Waals surface area contributed by atoms with Crippen LogP contribution in [-0.2, 0) is 5.75 Å². The van der Waals surface area contributed by atoms with Crippen molar-refractivity contribution in [2.45, 2.75) is 10.8 Å². The fraction of sp³-hybridized carbons (Fsp3) is 0.0769. The molecule has 2 rings (SSSR count). The molecule has 0 atom stereocenters. The number of rotatable bonds is 4. The number of amides is 1. The summed E-state index contributed by atoms with van der Waals surface area (Å²) in [6.45, 7) is 0. The van der Waals surface area contributed by atoms with Gasteiger partial charge in [-0.15, -0.1) is 11.8 Å². The molecule has 0 bridgehead atoms. The number of hydrogen-bond acceptors (Lipinski definition) is 4. The van der Waals surface area contributed by atoms with Crippen molar-refractivity contribution >= 4 is 35.0 Å². The van der Waals surface area contributed by atoms with Crippen molar-refractivity contribution in [1.82, 2.24) is 4.98 Å². The summed E-state index contributed by atoms with van der Waals surface area (Å²) in [5.41, 5.74) is 12.6. The molecule has 1 aromatic heterocycles. The van der Waals surface area contributed by atoms with Gasteiger partial charge < -0.3 is 11.5 Å². The third-order valence-corrected chi connectivity index (χ3v) is 3.88. The van der Waals surface area contributed by atoms with Crippen LogP contribution in [0.2, 0.25) is 5.02 Å². The monoisotopic (exact) mass is 293 g/mol. The minimum Gasteiger partial charge on any atom is -0.397 e. The first kappa shape index (κ1) is 13.7. The minimum absolute atomic E-state index is 0.331. The van der Waals surface area contributed by atoms with Crippen molar-refractivity contribution < 1.29 is 4.79 Å². The van der Waals surface area contributed by atoms with Gasteiger partial charge in [0.2, 0.25) is 0 Å². The number of nitrogens with two attached hydrogens (primary N) is 2. The molecule has 1 heterocycles. The second-order valence-corrected chi connectivity index (χ2v) is 5.24. The van der Waals surface area contributed by atoms with E-state index in [-0.39, 0.29) is 0 Å². The van der Waals surface area contributed by atoms with Crippen LogP contribution in [0.15, 0.2) is 41.6 Å². The molecule has 4 N–H and O–H groups in total. The van der Waals surface area contributed by atoms with Crippen LogP contribution in [0, 0.1) is 0 Å². The quantitative estimate of drug-likeness (QED) is 0.849. The van der Waals surface area contributed by atoms with Crippen molar-refractivity contribution in [3.05, 3.63) is 52.7 Å². The molecule has 98 valence electrons. The van der Waals surface area contributed by atoms with E-state index in [1.54, 1.807) is 0 Å². The van der Waals surface area contributed by atoms with E-state index in [0.717, 1.165) is 5.56 Å². The van der Waals surface area contributed by atoms with Crippen molar-refractivity contribution in [3.63, 3.8) is 0 Å². The number of nitrogen functional groups attached to an aromatic ring is 1. The van der Waals surface area contributed by atoms with Crippen molar-refractivity contribution in [3.8, 4) is 0 Å². The first-order valence-electron chi connectivity index (χ1n) is 5.49. The van der Waals surface area contributed by atoms with Crippen LogP contribution in [0.3, 0.4) is 0 Å². The third kappa shape index (κ3) is 3.39. The molecular weight excluding hydrogens is 282 g/mol. The molecule has 0 fully saturated rings. The number of benzene rings is 1. The average molecular weight is 294 g/mol. The summed E-state index contributed by atoms with van der Waals surface area (Å²) >= 11 is 7.47. The summed E-state index contributed by atoms with van der Waals surface area (Å²) in [4.78, 5) is 15.5. The van der Waals surface area contributed by atoms with Crippen molar-refractivity contribution in [2.24, 2.45) is 5.73 Å². The molecule has 0 aliphatic rings. The van der Waals surface area contributed by atoms with Gasteiger partial charge in [0.15, 0.2) is 0 Å². The minimum atomic E-state index is -0.540. The van der Waals surface area contributed by atoms with Crippen LogP contribution in [0.25, 0.3) is 0 Å². The normalized spacial score (nSPS) is 10.4. The lowest BCUT2D eigenvalue weighted by Crippen LogP contribution is -2.13. The van der Waals surface area contributed by atoms with Crippen molar-refractivity contribution in [1.29, 1.82) is 0 Å². The molecule has 2 aromatic rings. The fourth-order valence-corrected chi connectivity index (χ4v) is 2.79. The first-order chi connectivity index (χ1) is 9.08. The Labute approximate surface area is 120 Å². The molecule has 1 amide bonds. The molecule has 19 heavy (non-hydrogen) atoms. The van der Waals surface area contributed by atoms with Crippen LogP contribution < -0.4 is 11.5 Å². The molecular formula is C13H12ClN3OS. The van der Waals surface area contributed by atoms with Crippen LogP contribution in [0.5, 0.6) is 0 Å². The van der Waals surface area contributed by atoms with E-state index in [0.29, 0.717) is 27.1 Å². The molecule has 0 radical (unpaired) electrons. The lowest BCUT2D eigenvalue weighted by molar-refractivity contribution is 0.0997. The molecule has 0 aliphatic heterocycles. The van der Waals surface area contributed by atoms with Gasteiger partial charge in [0.25, 0.3) is 5.91 Å². The van der Waals surface area contributed by atoms with Gasteiger partial charge in [-0.1, -0.05) is 29.8 Å². The van der Waals surface area contributed by atoms with Gasteiger partial charge in [-0.2, -0.15) is 0 Å². The molecule has 0 unspecified atom stereocenters. The van der Waals surface area contributed by atoms with Crippen LogP contribution in [0.1, 0.15) is 15.9 Å². The van der Waals surface area contributed by atoms with Gasteiger partial charge in [-0.25, -0.2) is 4.98 Å². The number of hydrogen-bond donors (Lipinski definition) is 2. The summed E-state index contributed by atoms with van der Waals surface area (Å²) in [5.74, 6) is 0.0677. The predicted molar refractivity (Wildman–Crippen MR) is 78.2 cm³/mol. The number of pyridine rings is 1. The highest BCUT2D eigenvalue weighted by Gasteiger charge is 2.11. The zero-order valence-corrected chi connectivity index (χ0v) is 11.5. The van der Waals surface area contributed by atoms with E-state index in [1.165, 1.54) is 24.0 Å². The Hall–Kier alpha value is -1.72. The maximum absolute atomic E-state index is 11.3. The molecule has 0 saturated heterocycles. The van der Waals surface area contributed by atoms with Gasteiger partial charge in [0.05, 0.1) is 17.4 Å². The third-order valence-electron chi connectivity index (χ3n) is 2.46. The Bertz CT molecular complexity index is 619. The number of carbonyl (C=O) groups is 1. The van der Waals surface area contributed by atoms with Crippen molar-refractivity contribution in [2.75, 3.05) is 5.73 Å². The largest absolute Gasteiger partial charge is 0.397 e. The average Bonchev–Trinajstić information content (AvgIpc) is 2.38. The Morgan fingerprint density at radius 3 is 2.79 bits per heavy atom. The molecule has 0 spiro atoms. The second-order valence-electron chi connectivity index (χ2n) is 3.87. The van der Waals surface area contributed by atoms with E-state index >= 15 is 0 Å². The van der Waals surface area contributed by atoms with E-state index < -0.39 is 5.91 Å². The number of nitrogens with zero attached hydrogens (tertiary/aromatic N) is 1. The van der Waals surface area contributed by atoms with E-state index in [2.05, 4.69) is 4.98 Å². The number of carbonyl (C=O) groups excluding carboxylic acids is 1. The Balaban J connectivity index is 2.20. The summed E-state index contributed by atoms with van der Waals surface area (Å²) in [6, 6.07) is 9.06. The van der Waals surface area contributed by atoms with Crippen LogP contribution in [-0.4, -0.2) is 10.9 Å². The standard InChI is InChI=1S/C13H12ClN3OS/c14-11-4-2-1-3-8(11)7-19-13-10(12(16)18)5-9(15)6-17-13/h1-6H,7,15H2,(H2,16,18). The van der Waals surface area contributed by atoms with E-state index in [9.17, 15) is 4.79 Å². The highest BCUT2D eigenvalue weighted by Crippen LogP contribution is 2.28. The Morgan fingerprint density at radius 1 is 1.37 bits per heavy atom. The SMILES string of the molecule is NC(=O)c1cc(N)cnc1SCc1ccccc1Cl. The Kier molecular flexibility index (Phi) is 4.29. The molecule has 4 nitrogen and oxygen atoms in total. The maximum Gasteiger partial charge on any atom is 0.251 e. The second kappa shape index (κ2) is 5.95. The first-order valence-corrected chi connectivity index (χ1v) is 6.86. The van der Waals surface area contributed by atoms with E-state index in [4.69, 9.17) is 23.1 Å². The van der Waals surface area contributed by atoms with Gasteiger partial charge in [0.1, 0.15) is 5.03 Å². The highest BCUT2D eigenvalue weighted by molar-refractivity contribution is 7.98. The van der Waals surface area contributed by atoms with Gasteiger partial charge in [0, 0.05) is 10.8 Å². The lowest BCUT2D eigenvalue weighted by atomic mass is 10.2. The number of thioether (sulfide) groups is 1. The molecule has 0 aliphatic carbocycles. The van der Waals surface area contributed by atoms with Crippen LogP contribution in [0.4, 0.5) is 5.69 Å². The number of anilines is 1. The number of halogens is 1. The molecule has 0 saturated carbocycles. The lowest BCUT2D eigenvalue weighted by Gasteiger charge is -2.07. The summed E-state index contributed by atoms with van der Waals surface area (Å²) < 4.78 is 0. The van der Waals surface area contributed by atoms with Crippen LogP contribution >= 0.6 is 23.4 Å². The Morgan fingerprint density at radius 2 is 2.11 bits per heavy atom. The zero-order chi connectivity index (χ0) is 13.8. The number of aromatic nitrogens is 1. The maximum atomic E-state index is 11.3. The molecule has 6 heteroatoms. The molecule has 1 aromatic carbocycles. The van der Waals surface area contributed by atoms with E-state index in [1.807, 2.05) is 24.3 Å². The van der Waals surface area contributed by atoms with Gasteiger partial charge >= 0.3 is 0 Å². The fourth-order valence-electron chi connectivity index (χ4n) is 1.52. The smallest absolute Gasteiger partial charge is 0.251 e.